The number of esters is 1. The maximum atomic E-state index is 12.4. The van der Waals surface area contributed by atoms with E-state index >= 15 is 0 Å². The molecule has 8 nitrogen and oxygen atoms in total. The predicted octanol–water partition coefficient (Wildman–Crippen LogP) is 4.44. The Balaban J connectivity index is 1.38. The van der Waals surface area contributed by atoms with E-state index in [1.165, 1.54) is 42.5 Å². The number of nitrogens with zero attached hydrogens (tertiary/aromatic N) is 1. The van der Waals surface area contributed by atoms with E-state index < -0.39 is 10.9 Å². The first-order valence-corrected chi connectivity index (χ1v) is 9.18. The summed E-state index contributed by atoms with van der Waals surface area (Å²) in [5.41, 5.74) is 1.28. The van der Waals surface area contributed by atoms with Crippen LogP contribution in [0.2, 0.25) is 0 Å². The molecule has 0 atom stereocenters. The van der Waals surface area contributed by atoms with Crippen LogP contribution in [-0.4, -0.2) is 23.5 Å². The molecule has 8 heteroatoms. The Morgan fingerprint density at radius 3 is 2.29 bits per heavy atom. The third-order valence-electron chi connectivity index (χ3n) is 4.49. The molecule has 0 amide bonds. The van der Waals surface area contributed by atoms with Gasteiger partial charge in [0.1, 0.15) is 5.75 Å². The van der Waals surface area contributed by atoms with Crippen LogP contribution in [0, 0.1) is 10.1 Å². The van der Waals surface area contributed by atoms with E-state index in [2.05, 4.69) is 0 Å². The van der Waals surface area contributed by atoms with Gasteiger partial charge in [0, 0.05) is 17.7 Å². The molecule has 154 valence electrons. The highest BCUT2D eigenvalue weighted by Gasteiger charge is 2.13. The number of ether oxygens (including phenoxy) is 3. The highest BCUT2D eigenvalue weighted by molar-refractivity contribution is 6.07. The van der Waals surface area contributed by atoms with Crippen molar-refractivity contribution in [3.8, 4) is 17.2 Å². The smallest absolute Gasteiger partial charge is 0.343 e. The van der Waals surface area contributed by atoms with Gasteiger partial charge in [-0.15, -0.1) is 0 Å². The molecule has 0 aromatic heterocycles. The topological polar surface area (TPSA) is 105 Å². The minimum atomic E-state index is -0.656. The molecule has 0 saturated carbocycles. The lowest BCUT2D eigenvalue weighted by Gasteiger charge is -2.05. The molecule has 0 unspecified atom stereocenters. The van der Waals surface area contributed by atoms with Crippen molar-refractivity contribution in [2.24, 2.45) is 0 Å². The van der Waals surface area contributed by atoms with Crippen LogP contribution in [0.1, 0.15) is 26.3 Å². The van der Waals surface area contributed by atoms with Gasteiger partial charge in [0.25, 0.3) is 5.69 Å². The van der Waals surface area contributed by atoms with Crippen LogP contribution in [0.25, 0.3) is 6.08 Å². The molecule has 3 aromatic carbocycles. The van der Waals surface area contributed by atoms with E-state index in [0.717, 1.165) is 5.56 Å². The monoisotopic (exact) mass is 417 g/mol. The molecule has 3 aromatic rings. The molecule has 0 bridgehead atoms. The molecule has 1 heterocycles. The first kappa shape index (κ1) is 19.8. The fraction of sp³-hybridized carbons (Fsp3) is 0.0435. The third kappa shape index (κ3) is 4.59. The van der Waals surface area contributed by atoms with Gasteiger partial charge >= 0.3 is 5.97 Å². The summed E-state index contributed by atoms with van der Waals surface area (Å²) in [7, 11) is 0. The Morgan fingerprint density at radius 2 is 1.58 bits per heavy atom. The highest BCUT2D eigenvalue weighted by atomic mass is 16.7. The second kappa shape index (κ2) is 8.50. The lowest BCUT2D eigenvalue weighted by molar-refractivity contribution is -0.384. The highest BCUT2D eigenvalue weighted by Crippen LogP contribution is 2.32. The Labute approximate surface area is 176 Å². The van der Waals surface area contributed by atoms with Crippen LogP contribution in [0.4, 0.5) is 5.69 Å². The number of benzene rings is 3. The van der Waals surface area contributed by atoms with Gasteiger partial charge in [0.15, 0.2) is 17.3 Å². The lowest BCUT2D eigenvalue weighted by Crippen LogP contribution is -2.08. The number of carbonyl (C=O) groups is 2. The second-order valence-corrected chi connectivity index (χ2v) is 6.53. The van der Waals surface area contributed by atoms with Crippen molar-refractivity contribution < 1.29 is 28.7 Å². The Hall–Kier alpha value is -4.46. The van der Waals surface area contributed by atoms with Crippen molar-refractivity contribution in [1.29, 1.82) is 0 Å². The van der Waals surface area contributed by atoms with Crippen molar-refractivity contribution in [3.05, 3.63) is 99.6 Å². The normalized spacial score (nSPS) is 12.0. The summed E-state index contributed by atoms with van der Waals surface area (Å²) in [6.07, 6.45) is 3.11. The molecule has 0 N–H and O–H groups in total. The molecule has 4 rings (SSSR count). The van der Waals surface area contributed by atoms with E-state index in [4.69, 9.17) is 14.2 Å². The van der Waals surface area contributed by atoms with Gasteiger partial charge in [-0.2, -0.15) is 0 Å². The summed E-state index contributed by atoms with van der Waals surface area (Å²) in [6.45, 7) is 0.183. The molecule has 1 aliphatic heterocycles. The number of nitro groups is 1. The predicted molar refractivity (Wildman–Crippen MR) is 110 cm³/mol. The van der Waals surface area contributed by atoms with Crippen molar-refractivity contribution in [1.82, 2.24) is 0 Å². The molecule has 0 spiro atoms. The number of nitro benzene ring substituents is 1. The van der Waals surface area contributed by atoms with Crippen molar-refractivity contribution in [2.75, 3.05) is 6.79 Å². The summed E-state index contributed by atoms with van der Waals surface area (Å²) in [4.78, 5) is 34.7. The van der Waals surface area contributed by atoms with Crippen molar-refractivity contribution in [3.63, 3.8) is 0 Å². The molecule has 0 saturated heterocycles. The van der Waals surface area contributed by atoms with E-state index in [1.54, 1.807) is 30.3 Å². The zero-order valence-electron chi connectivity index (χ0n) is 16.0. The summed E-state index contributed by atoms with van der Waals surface area (Å²) in [5.74, 6) is 0.679. The summed E-state index contributed by atoms with van der Waals surface area (Å²) >= 11 is 0. The molecular formula is C23H15NO7. The minimum Gasteiger partial charge on any atom is -0.454 e. The minimum absolute atomic E-state index is 0.117. The van der Waals surface area contributed by atoms with E-state index in [9.17, 15) is 19.7 Å². The van der Waals surface area contributed by atoms with Gasteiger partial charge in [0.05, 0.1) is 10.5 Å². The van der Waals surface area contributed by atoms with E-state index in [0.29, 0.717) is 17.1 Å². The number of rotatable bonds is 6. The zero-order valence-corrected chi connectivity index (χ0v) is 16.0. The number of allylic oxidation sites excluding steroid dienone is 1. The molecule has 0 fully saturated rings. The van der Waals surface area contributed by atoms with Gasteiger partial charge in [-0.3, -0.25) is 14.9 Å². The molecular weight excluding hydrogens is 402 g/mol. The Bertz CT molecular complexity index is 1180. The summed E-state index contributed by atoms with van der Waals surface area (Å²) < 4.78 is 15.8. The maximum Gasteiger partial charge on any atom is 0.343 e. The number of ketones is 1. The van der Waals surface area contributed by atoms with Crippen LogP contribution < -0.4 is 14.2 Å². The first-order valence-electron chi connectivity index (χ1n) is 9.18. The largest absolute Gasteiger partial charge is 0.454 e. The Kier molecular flexibility index (Phi) is 5.44. The SMILES string of the molecule is O=C(/C=C/c1ccc2c(c1)OCO2)c1ccc(OC(=O)c2ccc([N+](=O)[O-])cc2)cc1. The lowest BCUT2D eigenvalue weighted by atomic mass is 10.1. The molecule has 0 radical (unpaired) electrons. The fourth-order valence-electron chi connectivity index (χ4n) is 2.86. The van der Waals surface area contributed by atoms with Crippen molar-refractivity contribution >= 4 is 23.5 Å². The first-order chi connectivity index (χ1) is 15.0. The number of non-ortho nitro benzene ring substituents is 1. The van der Waals surface area contributed by atoms with E-state index in [1.807, 2.05) is 6.07 Å². The van der Waals surface area contributed by atoms with Gasteiger partial charge < -0.3 is 14.2 Å². The van der Waals surface area contributed by atoms with Gasteiger partial charge in [0.2, 0.25) is 6.79 Å². The quantitative estimate of drug-likeness (QED) is 0.146. The zero-order chi connectivity index (χ0) is 21.8. The van der Waals surface area contributed by atoms with Gasteiger partial charge in [-0.25, -0.2) is 4.79 Å². The number of hydrogen-bond donors (Lipinski definition) is 0. The number of fused-ring (bicyclic) bond motifs is 1. The second-order valence-electron chi connectivity index (χ2n) is 6.53. The Morgan fingerprint density at radius 1 is 0.903 bits per heavy atom. The average molecular weight is 417 g/mol. The summed E-state index contributed by atoms with van der Waals surface area (Å²) in [6, 6.07) is 16.6. The van der Waals surface area contributed by atoms with E-state index in [-0.39, 0.29) is 29.6 Å². The van der Waals surface area contributed by atoms with Crippen LogP contribution >= 0.6 is 0 Å². The van der Waals surface area contributed by atoms with Crippen LogP contribution in [0.3, 0.4) is 0 Å². The van der Waals surface area contributed by atoms with Crippen LogP contribution in [0.5, 0.6) is 17.2 Å². The van der Waals surface area contributed by atoms with Gasteiger partial charge in [-0.1, -0.05) is 12.1 Å². The molecule has 31 heavy (non-hydrogen) atoms. The van der Waals surface area contributed by atoms with Crippen LogP contribution in [-0.2, 0) is 0 Å². The number of hydrogen-bond acceptors (Lipinski definition) is 7. The number of carbonyl (C=O) groups excluding carboxylic acids is 2. The average Bonchev–Trinajstić information content (AvgIpc) is 3.26. The standard InChI is InChI=1S/C23H15NO7/c25-20(11-1-15-2-12-21-22(13-15)30-14-29-21)16-5-9-19(10-6-16)31-23(26)17-3-7-18(8-4-17)24(27)28/h1-13H,14H2/b11-1+. The summed E-state index contributed by atoms with van der Waals surface area (Å²) in [5, 5.41) is 10.7. The molecule has 1 aliphatic rings. The fourth-order valence-corrected chi connectivity index (χ4v) is 2.86. The maximum absolute atomic E-state index is 12.4. The third-order valence-corrected chi connectivity index (χ3v) is 4.49. The molecule has 0 aliphatic carbocycles. The van der Waals surface area contributed by atoms with Crippen LogP contribution in [0.15, 0.2) is 72.8 Å². The van der Waals surface area contributed by atoms with Crippen molar-refractivity contribution in [2.45, 2.75) is 0 Å². The van der Waals surface area contributed by atoms with Gasteiger partial charge in [-0.05, 0) is 60.2 Å².